The fraction of sp³-hybridized carbons (Fsp3) is 0.267. The number of benzene rings is 1. The second kappa shape index (κ2) is 7.77. The number of carbonyl (C=O) groups is 1. The highest BCUT2D eigenvalue weighted by Gasteiger charge is 2.05. The summed E-state index contributed by atoms with van der Waals surface area (Å²) in [7, 11) is 0. The number of hydrogen-bond acceptors (Lipinski definition) is 6. The van der Waals surface area contributed by atoms with Gasteiger partial charge in [0.05, 0.1) is 0 Å². The first-order chi connectivity index (χ1) is 11.1. The van der Waals surface area contributed by atoms with E-state index in [1.165, 1.54) is 18.3 Å². The zero-order chi connectivity index (χ0) is 16.7. The molecule has 0 aliphatic carbocycles. The highest BCUT2D eigenvalue weighted by molar-refractivity contribution is 5.85. The molecular formula is C15H14N4O4. The molecule has 0 saturated heterocycles. The summed E-state index contributed by atoms with van der Waals surface area (Å²) in [5, 5.41) is 7.87. The van der Waals surface area contributed by atoms with Gasteiger partial charge in [-0.05, 0) is 17.2 Å². The van der Waals surface area contributed by atoms with Crippen molar-refractivity contribution in [1.82, 2.24) is 0 Å². The van der Waals surface area contributed by atoms with Crippen molar-refractivity contribution in [1.29, 1.82) is 0 Å². The first-order valence-corrected chi connectivity index (χ1v) is 6.91. The predicted octanol–water partition coefficient (Wildman–Crippen LogP) is 3.26. The van der Waals surface area contributed by atoms with Gasteiger partial charge in [0.2, 0.25) is 0 Å². The number of Topliss-reactive ketones (excluding diaryl/α,β-unsaturated/α-hetero) is 1. The lowest BCUT2D eigenvalue weighted by atomic mass is 10.1. The van der Waals surface area contributed by atoms with E-state index in [-0.39, 0.29) is 12.4 Å². The topological polar surface area (TPSA) is 118 Å². The lowest BCUT2D eigenvalue weighted by Crippen LogP contribution is -2.04. The van der Waals surface area contributed by atoms with E-state index in [2.05, 4.69) is 15.2 Å². The zero-order valence-corrected chi connectivity index (χ0v) is 12.4. The molecule has 0 amide bonds. The van der Waals surface area contributed by atoms with Crippen molar-refractivity contribution in [3.63, 3.8) is 0 Å². The quantitative estimate of drug-likeness (QED) is 0.194. The Bertz CT molecular complexity index is 850. The molecule has 2 rings (SSSR count). The van der Waals surface area contributed by atoms with Crippen LogP contribution in [-0.4, -0.2) is 18.6 Å². The fourth-order valence-electron chi connectivity index (χ4n) is 1.90. The minimum absolute atomic E-state index is 0.0430. The van der Waals surface area contributed by atoms with Crippen LogP contribution in [0.4, 0.5) is 5.69 Å². The van der Waals surface area contributed by atoms with E-state index in [1.807, 2.05) is 0 Å². The molecular weight excluding hydrogens is 300 g/mol. The maximum Gasteiger partial charge on any atom is 0.336 e. The molecule has 0 spiro atoms. The molecule has 1 heterocycles. The van der Waals surface area contributed by atoms with Gasteiger partial charge < -0.3 is 9.25 Å². The van der Waals surface area contributed by atoms with E-state index >= 15 is 0 Å². The van der Waals surface area contributed by atoms with Crippen molar-refractivity contribution in [2.75, 3.05) is 6.61 Å². The van der Waals surface area contributed by atoms with Gasteiger partial charge >= 0.3 is 5.63 Å². The number of fused-ring (bicyclic) bond motifs is 1. The third-order valence-corrected chi connectivity index (χ3v) is 3.05. The number of carbonyl (C=O) groups excluding carboxylic acids is 1. The lowest BCUT2D eigenvalue weighted by Gasteiger charge is -2.03. The van der Waals surface area contributed by atoms with Gasteiger partial charge in [0.1, 0.15) is 5.58 Å². The van der Waals surface area contributed by atoms with Crippen LogP contribution in [0.2, 0.25) is 0 Å². The SMILES string of the molecule is CCC(=O)CO/N=C/Cc1cc(=O)oc2cc(N=[N+]=[N-])ccc12. The number of nitrogens with zero attached hydrogens (tertiary/aromatic N) is 4. The van der Waals surface area contributed by atoms with E-state index in [0.29, 0.717) is 35.1 Å². The van der Waals surface area contributed by atoms with E-state index in [9.17, 15) is 9.59 Å². The van der Waals surface area contributed by atoms with E-state index < -0.39 is 5.63 Å². The van der Waals surface area contributed by atoms with E-state index in [0.717, 1.165) is 0 Å². The zero-order valence-electron chi connectivity index (χ0n) is 12.4. The lowest BCUT2D eigenvalue weighted by molar-refractivity contribution is -0.123. The third-order valence-electron chi connectivity index (χ3n) is 3.05. The first-order valence-electron chi connectivity index (χ1n) is 6.91. The number of hydrogen-bond donors (Lipinski definition) is 0. The second-order valence-corrected chi connectivity index (χ2v) is 4.62. The van der Waals surface area contributed by atoms with Crippen LogP contribution in [-0.2, 0) is 16.1 Å². The molecule has 0 atom stereocenters. The van der Waals surface area contributed by atoms with Gasteiger partial charge in [0.15, 0.2) is 12.4 Å². The van der Waals surface area contributed by atoms with Crippen LogP contribution in [0, 0.1) is 0 Å². The molecule has 8 nitrogen and oxygen atoms in total. The molecule has 8 heteroatoms. The van der Waals surface area contributed by atoms with Gasteiger partial charge in [-0.3, -0.25) is 4.79 Å². The molecule has 0 aliphatic rings. The summed E-state index contributed by atoms with van der Waals surface area (Å²) in [6.07, 6.45) is 2.20. The van der Waals surface area contributed by atoms with Crippen LogP contribution in [0.25, 0.3) is 21.4 Å². The molecule has 0 fully saturated rings. The van der Waals surface area contributed by atoms with Crippen LogP contribution < -0.4 is 5.63 Å². The summed E-state index contributed by atoms with van der Waals surface area (Å²) < 4.78 is 5.10. The highest BCUT2D eigenvalue weighted by Crippen LogP contribution is 2.23. The first kappa shape index (κ1) is 16.3. The van der Waals surface area contributed by atoms with Crippen LogP contribution in [0.1, 0.15) is 18.9 Å². The molecule has 0 N–H and O–H groups in total. The van der Waals surface area contributed by atoms with Gasteiger partial charge in [-0.15, -0.1) is 0 Å². The second-order valence-electron chi connectivity index (χ2n) is 4.62. The van der Waals surface area contributed by atoms with Crippen molar-refractivity contribution >= 4 is 28.7 Å². The molecule has 2 aromatic rings. The van der Waals surface area contributed by atoms with Gasteiger partial charge in [0, 0.05) is 41.1 Å². The average Bonchev–Trinajstić information content (AvgIpc) is 2.54. The van der Waals surface area contributed by atoms with Gasteiger partial charge in [-0.25, -0.2) is 4.79 Å². The Morgan fingerprint density at radius 3 is 3.00 bits per heavy atom. The third kappa shape index (κ3) is 4.42. The van der Waals surface area contributed by atoms with Crippen molar-refractivity contribution in [3.8, 4) is 0 Å². The normalized spacial score (nSPS) is 10.7. The summed E-state index contributed by atoms with van der Waals surface area (Å²) in [6.45, 7) is 1.68. The predicted molar refractivity (Wildman–Crippen MR) is 84.7 cm³/mol. The Kier molecular flexibility index (Phi) is 5.49. The van der Waals surface area contributed by atoms with Gasteiger partial charge in [-0.1, -0.05) is 29.3 Å². The number of ketones is 1. The Morgan fingerprint density at radius 2 is 2.26 bits per heavy atom. The summed E-state index contributed by atoms with van der Waals surface area (Å²) in [6, 6.07) is 6.18. The van der Waals surface area contributed by atoms with E-state index in [1.54, 1.807) is 19.1 Å². The molecule has 1 aromatic carbocycles. The minimum Gasteiger partial charge on any atom is -0.423 e. The molecule has 1 aromatic heterocycles. The average molecular weight is 314 g/mol. The van der Waals surface area contributed by atoms with Crippen LogP contribution in [0.3, 0.4) is 0 Å². The maximum atomic E-state index is 11.6. The Labute approximate surface area is 131 Å². The van der Waals surface area contributed by atoms with Crippen molar-refractivity contribution in [2.45, 2.75) is 19.8 Å². The Balaban J connectivity index is 2.20. The summed E-state index contributed by atoms with van der Waals surface area (Å²) in [5.41, 5.74) is 9.30. The number of azide groups is 1. The number of oxime groups is 1. The molecule has 0 aliphatic heterocycles. The minimum atomic E-state index is -0.513. The smallest absolute Gasteiger partial charge is 0.336 e. The van der Waals surface area contributed by atoms with Crippen molar-refractivity contribution in [2.24, 2.45) is 10.3 Å². The molecule has 0 saturated carbocycles. The summed E-state index contributed by atoms with van der Waals surface area (Å²) in [5.74, 6) is -0.0430. The van der Waals surface area contributed by atoms with Gasteiger partial charge in [-0.2, -0.15) is 0 Å². The molecule has 118 valence electrons. The summed E-state index contributed by atoms with van der Waals surface area (Å²) >= 11 is 0. The van der Waals surface area contributed by atoms with E-state index in [4.69, 9.17) is 14.8 Å². The molecule has 0 radical (unpaired) electrons. The van der Waals surface area contributed by atoms with Crippen molar-refractivity contribution in [3.05, 3.63) is 50.7 Å². The Hall–Kier alpha value is -3.12. The largest absolute Gasteiger partial charge is 0.423 e. The van der Waals surface area contributed by atoms with Crippen LogP contribution in [0.15, 0.2) is 43.7 Å². The molecule has 23 heavy (non-hydrogen) atoms. The maximum absolute atomic E-state index is 11.6. The standard InChI is InChI=1S/C15H14N4O4/c1-2-12(20)9-22-17-6-5-10-7-15(21)23-14-8-11(18-19-16)3-4-13(10)14/h3-4,6-8H,2,5,9H2,1H3/b17-6+. The monoisotopic (exact) mass is 314 g/mol. The fourth-order valence-corrected chi connectivity index (χ4v) is 1.90. The molecule has 0 unspecified atom stereocenters. The summed E-state index contributed by atoms with van der Waals surface area (Å²) in [4.78, 5) is 30.2. The highest BCUT2D eigenvalue weighted by atomic mass is 16.6. The van der Waals surface area contributed by atoms with Crippen molar-refractivity contribution < 1.29 is 14.0 Å². The van der Waals surface area contributed by atoms with Crippen LogP contribution in [0.5, 0.6) is 0 Å². The van der Waals surface area contributed by atoms with Crippen LogP contribution >= 0.6 is 0 Å². The molecule has 0 bridgehead atoms. The number of rotatable bonds is 7. The van der Waals surface area contributed by atoms with Gasteiger partial charge in [0.25, 0.3) is 0 Å². The Morgan fingerprint density at radius 1 is 1.43 bits per heavy atom.